The van der Waals surface area contributed by atoms with Gasteiger partial charge in [0.2, 0.25) is 11.9 Å². The van der Waals surface area contributed by atoms with E-state index in [1.165, 1.54) is 0 Å². The molecule has 2 saturated heterocycles. The molecule has 16 heteroatoms. The molecule has 0 aliphatic carbocycles. The van der Waals surface area contributed by atoms with Gasteiger partial charge >= 0.3 is 12.4 Å². The second-order valence-electron chi connectivity index (χ2n) is 12.5. The second kappa shape index (κ2) is 13.8. The van der Waals surface area contributed by atoms with Crippen LogP contribution >= 0.6 is 0 Å². The lowest BCUT2D eigenvalue weighted by Gasteiger charge is -2.31. The van der Waals surface area contributed by atoms with E-state index in [0.29, 0.717) is 42.3 Å². The Bertz CT molecular complexity index is 1710. The predicted octanol–water partition coefficient (Wildman–Crippen LogP) is 6.25. The largest absolute Gasteiger partial charge is 0.416 e. The van der Waals surface area contributed by atoms with E-state index in [1.54, 1.807) is 47.6 Å². The van der Waals surface area contributed by atoms with Gasteiger partial charge in [-0.05, 0) is 55.9 Å². The highest BCUT2D eigenvalue weighted by Crippen LogP contribution is 2.38. The summed E-state index contributed by atoms with van der Waals surface area (Å²) in [6.45, 7) is 3.31. The number of nitrogens with zero attached hydrogens (tertiary/aromatic N) is 9. The first-order valence-corrected chi connectivity index (χ1v) is 16.2. The zero-order valence-electron chi connectivity index (χ0n) is 27.1. The van der Waals surface area contributed by atoms with Gasteiger partial charge in [0.25, 0.3) is 0 Å². The molecule has 2 aliphatic heterocycles. The van der Waals surface area contributed by atoms with Gasteiger partial charge in [0.05, 0.1) is 30.0 Å². The molecule has 0 bridgehead atoms. The van der Waals surface area contributed by atoms with Crippen molar-refractivity contribution in [1.82, 2.24) is 29.7 Å². The van der Waals surface area contributed by atoms with Gasteiger partial charge in [-0.1, -0.05) is 6.92 Å². The van der Waals surface area contributed by atoms with E-state index in [0.717, 1.165) is 50.0 Å². The van der Waals surface area contributed by atoms with Crippen LogP contribution in [0.4, 0.5) is 44.1 Å². The molecule has 1 unspecified atom stereocenters. The van der Waals surface area contributed by atoms with Crippen molar-refractivity contribution in [3.63, 3.8) is 0 Å². The molecule has 3 aromatic heterocycles. The van der Waals surface area contributed by atoms with Crippen LogP contribution in [0.25, 0.3) is 11.1 Å². The zero-order valence-corrected chi connectivity index (χ0v) is 27.1. The maximum atomic E-state index is 13.8. The molecule has 2 atom stereocenters. The number of hydrogen-bond donors (Lipinski definition) is 1. The number of halogens is 6. The van der Waals surface area contributed by atoms with E-state index >= 15 is 0 Å². The number of hydrogen-bond acceptors (Lipinski definition) is 9. The van der Waals surface area contributed by atoms with Crippen molar-refractivity contribution in [3.05, 3.63) is 71.4 Å². The van der Waals surface area contributed by atoms with Crippen LogP contribution in [0.5, 0.6) is 0 Å². The quantitative estimate of drug-likeness (QED) is 0.205. The van der Waals surface area contributed by atoms with E-state index < -0.39 is 29.5 Å². The highest BCUT2D eigenvalue weighted by Gasteiger charge is 2.40. The van der Waals surface area contributed by atoms with Crippen molar-refractivity contribution in [2.45, 2.75) is 76.6 Å². The molecule has 49 heavy (non-hydrogen) atoms. The van der Waals surface area contributed by atoms with Crippen LogP contribution in [-0.4, -0.2) is 66.5 Å². The molecule has 2 aliphatic rings. The van der Waals surface area contributed by atoms with E-state index in [-0.39, 0.29) is 36.8 Å². The number of aliphatic hydroxyl groups excluding tert-OH is 1. The Hall–Kier alpha value is -4.47. The van der Waals surface area contributed by atoms with Crippen molar-refractivity contribution < 1.29 is 31.4 Å². The number of benzene rings is 1. The van der Waals surface area contributed by atoms with Gasteiger partial charge in [0.15, 0.2) is 0 Å². The number of rotatable bonds is 9. The number of anilines is 3. The molecular formula is C33H37F6N9O. The minimum Gasteiger partial charge on any atom is -0.391 e. The molecule has 0 radical (unpaired) electrons. The number of aliphatic hydroxyl groups is 1. The second-order valence-corrected chi connectivity index (χ2v) is 12.5. The Labute approximate surface area is 279 Å². The monoisotopic (exact) mass is 689 g/mol. The smallest absolute Gasteiger partial charge is 0.391 e. The fraction of sp³-hybridized carbons (Fsp3) is 0.485. The maximum absolute atomic E-state index is 13.8. The number of aromatic nitrogens is 6. The van der Waals surface area contributed by atoms with Crippen molar-refractivity contribution in [3.8, 4) is 11.1 Å². The third kappa shape index (κ3) is 7.58. The summed E-state index contributed by atoms with van der Waals surface area (Å²) in [5.41, 5.74) is -1.04. The summed E-state index contributed by atoms with van der Waals surface area (Å²) in [6, 6.07) is 1.08. The van der Waals surface area contributed by atoms with Crippen molar-refractivity contribution >= 4 is 17.7 Å². The average Bonchev–Trinajstić information content (AvgIpc) is 3.73. The summed E-state index contributed by atoms with van der Waals surface area (Å²) in [5, 5.41) is 14.4. The van der Waals surface area contributed by atoms with Gasteiger partial charge in [-0.2, -0.15) is 36.4 Å². The molecule has 262 valence electrons. The van der Waals surface area contributed by atoms with E-state index in [1.807, 2.05) is 6.92 Å². The summed E-state index contributed by atoms with van der Waals surface area (Å²) >= 11 is 0. The van der Waals surface area contributed by atoms with Gasteiger partial charge in [0, 0.05) is 80.7 Å². The number of piperidine rings is 1. The van der Waals surface area contributed by atoms with Gasteiger partial charge in [-0.25, -0.2) is 15.0 Å². The normalized spacial score (nSPS) is 18.7. The van der Waals surface area contributed by atoms with Crippen LogP contribution in [-0.2, 0) is 32.6 Å². The Morgan fingerprint density at radius 3 is 2.12 bits per heavy atom. The molecule has 4 aromatic rings. The minimum absolute atomic E-state index is 0.108. The highest BCUT2D eigenvalue weighted by molar-refractivity contribution is 5.60. The minimum atomic E-state index is -4.99. The third-order valence-corrected chi connectivity index (χ3v) is 9.15. The topological polar surface area (TPSA) is 99.3 Å². The Kier molecular flexibility index (Phi) is 9.69. The summed E-state index contributed by atoms with van der Waals surface area (Å²) in [6.07, 6.45) is 2.49. The molecule has 10 nitrogen and oxygen atoms in total. The molecule has 6 rings (SSSR count). The fourth-order valence-corrected chi connectivity index (χ4v) is 6.62. The molecule has 1 aromatic carbocycles. The fourth-order valence-electron chi connectivity index (χ4n) is 6.62. The SMILES string of the molecule is CC[C@@H]1CC(N(Cc2cc(C(F)(F)F)cc(C(F)(F)F)c2)c2ncc(-c3cnn(C)c3)cn2)CN1c1nc(N2CCCCC2)ncc1CO. The Morgan fingerprint density at radius 2 is 1.55 bits per heavy atom. The van der Waals surface area contributed by atoms with Crippen molar-refractivity contribution in [2.24, 2.45) is 7.05 Å². The summed E-state index contributed by atoms with van der Waals surface area (Å²) < 4.78 is 84.6. The summed E-state index contributed by atoms with van der Waals surface area (Å²) in [4.78, 5) is 24.3. The van der Waals surface area contributed by atoms with Gasteiger partial charge < -0.3 is 19.8 Å². The van der Waals surface area contributed by atoms with Crippen LogP contribution in [0.1, 0.15) is 61.3 Å². The van der Waals surface area contributed by atoms with Crippen LogP contribution in [0, 0.1) is 0 Å². The Morgan fingerprint density at radius 1 is 0.878 bits per heavy atom. The van der Waals surface area contributed by atoms with Gasteiger partial charge in [-0.3, -0.25) is 4.68 Å². The summed E-state index contributed by atoms with van der Waals surface area (Å²) in [7, 11) is 1.76. The maximum Gasteiger partial charge on any atom is 0.416 e. The lowest BCUT2D eigenvalue weighted by molar-refractivity contribution is -0.143. The Balaban J connectivity index is 1.39. The third-order valence-electron chi connectivity index (χ3n) is 9.15. The van der Waals surface area contributed by atoms with Crippen molar-refractivity contribution in [1.29, 1.82) is 0 Å². The molecule has 5 heterocycles. The molecule has 0 saturated carbocycles. The average molecular weight is 690 g/mol. The lowest BCUT2D eigenvalue weighted by atomic mass is 10.0. The molecule has 0 amide bonds. The van der Waals surface area contributed by atoms with Crippen molar-refractivity contribution in [2.75, 3.05) is 34.3 Å². The first kappa shape index (κ1) is 34.4. The van der Waals surface area contributed by atoms with Crippen LogP contribution in [0.3, 0.4) is 0 Å². The van der Waals surface area contributed by atoms with E-state index in [9.17, 15) is 31.4 Å². The van der Waals surface area contributed by atoms with Crippen LogP contribution in [0.15, 0.2) is 49.2 Å². The zero-order chi connectivity index (χ0) is 34.9. The van der Waals surface area contributed by atoms with Gasteiger partial charge in [0.1, 0.15) is 5.82 Å². The van der Waals surface area contributed by atoms with E-state index in [2.05, 4.69) is 29.9 Å². The highest BCUT2D eigenvalue weighted by atomic mass is 19.4. The molecule has 1 N–H and O–H groups in total. The standard InChI is InChI=1S/C33H37F6N9O/c1-3-27-12-28(19-47(27)29-24(20-49)15-42-31(44-29)46-7-5-4-6-8-46)48(30-40-13-22(14-41-30)23-16-43-45(2)18-23)17-21-9-25(32(34,35)36)11-26(10-21)33(37,38)39/h9-11,13-16,18,27-28,49H,3-8,12,17,19-20H2,1-2H3/t27-,28?/m1/s1. The first-order valence-electron chi connectivity index (χ1n) is 16.2. The van der Waals surface area contributed by atoms with Gasteiger partial charge in [-0.15, -0.1) is 0 Å². The summed E-state index contributed by atoms with van der Waals surface area (Å²) in [5.74, 6) is 1.26. The predicted molar refractivity (Wildman–Crippen MR) is 171 cm³/mol. The van der Waals surface area contributed by atoms with E-state index in [4.69, 9.17) is 4.98 Å². The number of aryl methyl sites for hydroxylation is 1. The molecule has 0 spiro atoms. The molecule has 2 fully saturated rings. The van der Waals surface area contributed by atoms with Crippen LogP contribution < -0.4 is 14.7 Å². The number of alkyl halides is 6. The first-order chi connectivity index (χ1) is 23.3. The molecular weight excluding hydrogens is 652 g/mol. The lowest BCUT2D eigenvalue weighted by Crippen LogP contribution is -2.39. The van der Waals surface area contributed by atoms with Crippen LogP contribution in [0.2, 0.25) is 0 Å².